The number of rotatable bonds is 5. The van der Waals surface area contributed by atoms with Gasteiger partial charge in [0.2, 0.25) is 0 Å². The van der Waals surface area contributed by atoms with E-state index in [2.05, 4.69) is 28.1 Å². The van der Waals surface area contributed by atoms with Crippen molar-refractivity contribution in [3.05, 3.63) is 35.9 Å². The molecule has 113 valence electrons. The van der Waals surface area contributed by atoms with E-state index in [-0.39, 0.29) is 11.6 Å². The van der Waals surface area contributed by atoms with Crippen LogP contribution in [0.3, 0.4) is 0 Å². The lowest BCUT2D eigenvalue weighted by Gasteiger charge is -2.34. The molecule has 3 rings (SSSR count). The Kier molecular flexibility index (Phi) is 4.68. The fourth-order valence-electron chi connectivity index (χ4n) is 3.45. The van der Waals surface area contributed by atoms with Crippen molar-refractivity contribution in [2.24, 2.45) is 0 Å². The topological polar surface area (TPSA) is 55.2 Å². The maximum Gasteiger partial charge on any atom is 0.172 e. The second-order valence-corrected chi connectivity index (χ2v) is 6.12. The molecule has 0 spiro atoms. The molecule has 1 atom stereocenters. The number of ketones is 1. The van der Waals surface area contributed by atoms with Gasteiger partial charge in [-0.2, -0.15) is 0 Å². The highest BCUT2D eigenvalue weighted by Gasteiger charge is 2.44. The van der Waals surface area contributed by atoms with E-state index in [0.717, 1.165) is 45.3 Å². The van der Waals surface area contributed by atoms with E-state index in [1.165, 1.54) is 5.56 Å². The molecule has 2 fully saturated rings. The first-order valence-electron chi connectivity index (χ1n) is 8.01. The fraction of sp³-hybridized carbons (Fsp3) is 0.588. The van der Waals surface area contributed by atoms with Crippen molar-refractivity contribution in [2.45, 2.75) is 43.8 Å². The summed E-state index contributed by atoms with van der Waals surface area (Å²) < 4.78 is 0. The molecule has 1 unspecified atom stereocenters. The van der Waals surface area contributed by atoms with Crippen molar-refractivity contribution in [1.82, 2.24) is 16.0 Å². The Hall–Kier alpha value is -1.23. The molecule has 1 aliphatic heterocycles. The fourth-order valence-corrected chi connectivity index (χ4v) is 3.45. The summed E-state index contributed by atoms with van der Waals surface area (Å²) in [6, 6.07) is 10.1. The average Bonchev–Trinajstić information content (AvgIpc) is 3.04. The summed E-state index contributed by atoms with van der Waals surface area (Å²) in [5.41, 5.74) is 0.874. The number of carbonyl (C=O) groups excluding carboxylic acids is 1. The van der Waals surface area contributed by atoms with Crippen LogP contribution in [0.2, 0.25) is 0 Å². The first-order chi connectivity index (χ1) is 10.3. The largest absolute Gasteiger partial charge is 0.313 e. The number of benzene rings is 1. The molecule has 1 radical (unpaired) electrons. The van der Waals surface area contributed by atoms with Gasteiger partial charge < -0.3 is 10.6 Å². The summed E-state index contributed by atoms with van der Waals surface area (Å²) in [6.45, 7) is 3.11. The number of hydrogen-bond acceptors (Lipinski definition) is 3. The van der Waals surface area contributed by atoms with Gasteiger partial charge in [-0.1, -0.05) is 43.2 Å². The van der Waals surface area contributed by atoms with Crippen LogP contribution in [0.5, 0.6) is 0 Å². The number of nitrogens with zero attached hydrogens (tertiary/aromatic N) is 1. The Morgan fingerprint density at radius 2 is 2.05 bits per heavy atom. The Morgan fingerprint density at radius 3 is 2.71 bits per heavy atom. The number of Topliss-reactive ketones (excluding diaryl/α,β-unsaturated/α-hetero) is 1. The predicted molar refractivity (Wildman–Crippen MR) is 83.1 cm³/mol. The minimum atomic E-state index is -0.358. The SMILES string of the molecule is O=C(C1CNCC[N]1)C1(NCc2ccccc2)CCCC1. The van der Waals surface area contributed by atoms with Gasteiger partial charge in [-0.15, -0.1) is 0 Å². The predicted octanol–water partition coefficient (Wildman–Crippen LogP) is 1.23. The van der Waals surface area contributed by atoms with Crippen LogP contribution >= 0.6 is 0 Å². The highest BCUT2D eigenvalue weighted by Crippen LogP contribution is 2.32. The van der Waals surface area contributed by atoms with Gasteiger partial charge in [-0.3, -0.25) is 4.79 Å². The second kappa shape index (κ2) is 6.69. The molecular formula is C17H24N3O. The summed E-state index contributed by atoms with van der Waals surface area (Å²) in [4.78, 5) is 12.9. The third-order valence-corrected chi connectivity index (χ3v) is 4.68. The summed E-state index contributed by atoms with van der Waals surface area (Å²) in [5, 5.41) is 11.4. The summed E-state index contributed by atoms with van der Waals surface area (Å²) in [6.07, 6.45) is 4.16. The van der Waals surface area contributed by atoms with Crippen LogP contribution in [0, 0.1) is 0 Å². The molecule has 1 aromatic rings. The molecule has 1 aromatic carbocycles. The lowest BCUT2D eigenvalue weighted by atomic mass is 9.86. The van der Waals surface area contributed by atoms with Crippen LogP contribution in [-0.2, 0) is 11.3 Å². The normalized spacial score (nSPS) is 24.9. The van der Waals surface area contributed by atoms with Crippen LogP contribution in [0.15, 0.2) is 30.3 Å². The van der Waals surface area contributed by atoms with Crippen molar-refractivity contribution in [1.29, 1.82) is 0 Å². The number of piperazine rings is 1. The van der Waals surface area contributed by atoms with Crippen molar-refractivity contribution in [3.8, 4) is 0 Å². The zero-order chi connectivity index (χ0) is 14.5. The van der Waals surface area contributed by atoms with Gasteiger partial charge in [0.05, 0.1) is 11.6 Å². The van der Waals surface area contributed by atoms with Gasteiger partial charge in [-0.05, 0) is 18.4 Å². The molecule has 0 bridgehead atoms. The van der Waals surface area contributed by atoms with Crippen molar-refractivity contribution in [3.63, 3.8) is 0 Å². The van der Waals surface area contributed by atoms with E-state index in [4.69, 9.17) is 0 Å². The van der Waals surface area contributed by atoms with Crippen LogP contribution in [-0.4, -0.2) is 37.0 Å². The summed E-state index contributed by atoms with van der Waals surface area (Å²) in [5.74, 6) is 0.295. The monoisotopic (exact) mass is 286 g/mol. The highest BCUT2D eigenvalue weighted by molar-refractivity contribution is 5.93. The summed E-state index contributed by atoms with van der Waals surface area (Å²) >= 11 is 0. The van der Waals surface area contributed by atoms with Crippen LogP contribution in [0.1, 0.15) is 31.2 Å². The zero-order valence-corrected chi connectivity index (χ0v) is 12.5. The van der Waals surface area contributed by atoms with Gasteiger partial charge in [0.25, 0.3) is 0 Å². The molecule has 0 aromatic heterocycles. The Bertz CT molecular complexity index is 462. The van der Waals surface area contributed by atoms with E-state index in [1.54, 1.807) is 0 Å². The summed E-state index contributed by atoms with van der Waals surface area (Å²) in [7, 11) is 0. The first-order valence-corrected chi connectivity index (χ1v) is 8.01. The van der Waals surface area contributed by atoms with Crippen LogP contribution in [0.4, 0.5) is 0 Å². The lowest BCUT2D eigenvalue weighted by molar-refractivity contribution is -0.127. The molecule has 2 aliphatic rings. The van der Waals surface area contributed by atoms with Crippen molar-refractivity contribution in [2.75, 3.05) is 19.6 Å². The van der Waals surface area contributed by atoms with Gasteiger partial charge in [0.15, 0.2) is 5.78 Å². The van der Waals surface area contributed by atoms with Crippen LogP contribution < -0.4 is 16.0 Å². The molecule has 4 heteroatoms. The van der Waals surface area contributed by atoms with Crippen LogP contribution in [0.25, 0.3) is 0 Å². The Labute approximate surface area is 126 Å². The Balaban J connectivity index is 1.68. The van der Waals surface area contributed by atoms with Crippen molar-refractivity contribution < 1.29 is 4.79 Å². The smallest absolute Gasteiger partial charge is 0.172 e. The van der Waals surface area contributed by atoms with Gasteiger partial charge in [-0.25, -0.2) is 5.32 Å². The molecule has 0 amide bonds. The third kappa shape index (κ3) is 3.34. The zero-order valence-electron chi connectivity index (χ0n) is 12.5. The first kappa shape index (κ1) is 14.7. The van der Waals surface area contributed by atoms with E-state index in [1.807, 2.05) is 18.2 Å². The highest BCUT2D eigenvalue weighted by atomic mass is 16.1. The number of nitrogens with one attached hydrogen (secondary N) is 2. The lowest BCUT2D eigenvalue weighted by Crippen LogP contribution is -2.60. The minimum absolute atomic E-state index is 0.167. The molecule has 21 heavy (non-hydrogen) atoms. The van der Waals surface area contributed by atoms with E-state index >= 15 is 0 Å². The second-order valence-electron chi connectivity index (χ2n) is 6.12. The number of carbonyl (C=O) groups is 1. The molecule has 1 saturated heterocycles. The number of hydrogen-bond donors (Lipinski definition) is 2. The maximum absolute atomic E-state index is 12.9. The molecule has 1 heterocycles. The minimum Gasteiger partial charge on any atom is -0.313 e. The van der Waals surface area contributed by atoms with E-state index in [0.29, 0.717) is 12.3 Å². The molecule has 1 aliphatic carbocycles. The third-order valence-electron chi connectivity index (χ3n) is 4.68. The van der Waals surface area contributed by atoms with E-state index in [9.17, 15) is 4.79 Å². The quantitative estimate of drug-likeness (QED) is 0.856. The standard InChI is InChI=1S/C17H24N3O/c21-16(15-13-18-10-11-19-15)17(8-4-5-9-17)20-12-14-6-2-1-3-7-14/h1-3,6-7,15,18,20H,4-5,8-13H2. The molecule has 4 nitrogen and oxygen atoms in total. The maximum atomic E-state index is 12.9. The van der Waals surface area contributed by atoms with Gasteiger partial charge in [0.1, 0.15) is 0 Å². The van der Waals surface area contributed by atoms with Gasteiger partial charge in [0, 0.05) is 26.2 Å². The van der Waals surface area contributed by atoms with Crippen molar-refractivity contribution >= 4 is 5.78 Å². The molecular weight excluding hydrogens is 262 g/mol. The Morgan fingerprint density at radius 1 is 1.29 bits per heavy atom. The van der Waals surface area contributed by atoms with Gasteiger partial charge >= 0.3 is 0 Å². The molecule has 2 N–H and O–H groups in total. The molecule has 1 saturated carbocycles. The van der Waals surface area contributed by atoms with E-state index < -0.39 is 0 Å². The average molecular weight is 286 g/mol.